The molecule has 1 rings (SSSR count). The maximum atomic E-state index is 11.8. The number of methoxy groups -OCH3 is 1. The van der Waals surface area contributed by atoms with Gasteiger partial charge in [-0.05, 0) is 31.2 Å². The molecule has 0 aliphatic carbocycles. The van der Waals surface area contributed by atoms with Crippen LogP contribution in [0.4, 0.5) is 0 Å². The molecular weight excluding hydrogens is 266 g/mol. The van der Waals surface area contributed by atoms with Gasteiger partial charge in [0.25, 0.3) is 0 Å². The smallest absolute Gasteiger partial charge is 0.234 e. The minimum Gasteiger partial charge on any atom is -0.496 e. The van der Waals surface area contributed by atoms with Gasteiger partial charge in [-0.1, -0.05) is 13.8 Å². The number of carbonyl (C=O) groups excluding carboxylic acids is 1. The van der Waals surface area contributed by atoms with E-state index in [1.165, 1.54) is 0 Å². The molecule has 5 heteroatoms. The first-order valence-corrected chi connectivity index (χ1v) is 6.98. The quantitative estimate of drug-likeness (QED) is 0.831. The maximum Gasteiger partial charge on any atom is 0.234 e. The molecule has 0 radical (unpaired) electrons. The van der Waals surface area contributed by atoms with Crippen molar-refractivity contribution in [2.45, 2.75) is 20.4 Å². The summed E-state index contributed by atoms with van der Waals surface area (Å²) in [7, 11) is 3.47. The number of hydrogen-bond acceptors (Lipinski definition) is 4. The zero-order chi connectivity index (χ0) is 15.8. The lowest BCUT2D eigenvalue weighted by Crippen LogP contribution is -2.36. The average molecular weight is 289 g/mol. The van der Waals surface area contributed by atoms with Crippen LogP contribution in [0.1, 0.15) is 25.0 Å². The number of hydrogen-bond donors (Lipinski definition) is 1. The van der Waals surface area contributed by atoms with E-state index in [0.717, 1.165) is 11.3 Å². The van der Waals surface area contributed by atoms with E-state index in [1.807, 2.05) is 11.9 Å². The van der Waals surface area contributed by atoms with Gasteiger partial charge in [0.05, 0.1) is 25.3 Å². The van der Waals surface area contributed by atoms with Crippen LogP contribution in [-0.2, 0) is 11.3 Å². The minimum atomic E-state index is 0.00149. The fourth-order valence-electron chi connectivity index (χ4n) is 1.94. The van der Waals surface area contributed by atoms with Crippen LogP contribution in [0.2, 0.25) is 0 Å². The molecule has 1 amide bonds. The number of nitrogens with one attached hydrogen (secondary N) is 1. The number of likely N-dealkylation sites (N-methyl/N-ethyl adjacent to an activating group) is 1. The molecule has 0 aliphatic heterocycles. The summed E-state index contributed by atoms with van der Waals surface area (Å²) in [4.78, 5) is 13.7. The monoisotopic (exact) mass is 289 g/mol. The lowest BCUT2D eigenvalue weighted by Gasteiger charge is -2.18. The normalized spacial score (nSPS) is 10.5. The predicted octanol–water partition coefficient (Wildman–Crippen LogP) is 1.77. The Morgan fingerprint density at radius 2 is 2.19 bits per heavy atom. The molecule has 0 spiro atoms. The van der Waals surface area contributed by atoms with E-state index in [4.69, 9.17) is 10.00 Å². The highest BCUT2D eigenvalue weighted by Crippen LogP contribution is 2.20. The highest BCUT2D eigenvalue weighted by molar-refractivity contribution is 5.77. The summed E-state index contributed by atoms with van der Waals surface area (Å²) in [5.74, 6) is 1.16. The summed E-state index contributed by atoms with van der Waals surface area (Å²) < 4.78 is 5.29. The molecule has 0 unspecified atom stereocenters. The molecule has 21 heavy (non-hydrogen) atoms. The standard InChI is InChI=1S/C16H23N3O2/c1-12(2)9-18-16(20)11-19(3)10-14-7-13(8-17)5-6-15(14)21-4/h5-7,12H,9-11H2,1-4H3,(H,18,20). The Labute approximate surface area is 126 Å². The van der Waals surface area contributed by atoms with Gasteiger partial charge in [-0.3, -0.25) is 9.69 Å². The number of nitriles is 1. The topological polar surface area (TPSA) is 65.4 Å². The first-order valence-electron chi connectivity index (χ1n) is 6.98. The Bertz CT molecular complexity index is 521. The molecule has 5 nitrogen and oxygen atoms in total. The van der Waals surface area contributed by atoms with Crippen molar-refractivity contribution in [3.63, 3.8) is 0 Å². The van der Waals surface area contributed by atoms with Gasteiger partial charge in [0.1, 0.15) is 5.75 Å². The summed E-state index contributed by atoms with van der Waals surface area (Å²) in [5.41, 5.74) is 1.49. The minimum absolute atomic E-state index is 0.00149. The van der Waals surface area contributed by atoms with Crippen LogP contribution < -0.4 is 10.1 Å². The molecule has 0 aliphatic rings. The number of ether oxygens (including phenoxy) is 1. The van der Waals surface area contributed by atoms with E-state index in [-0.39, 0.29) is 5.91 Å². The van der Waals surface area contributed by atoms with Crippen molar-refractivity contribution < 1.29 is 9.53 Å². The Balaban J connectivity index is 2.64. The molecule has 0 aromatic heterocycles. The molecule has 0 saturated carbocycles. The van der Waals surface area contributed by atoms with E-state index in [1.54, 1.807) is 25.3 Å². The number of benzene rings is 1. The average Bonchev–Trinajstić information content (AvgIpc) is 2.44. The summed E-state index contributed by atoms with van der Waals surface area (Å²) >= 11 is 0. The van der Waals surface area contributed by atoms with Crippen LogP contribution in [0.3, 0.4) is 0 Å². The summed E-state index contributed by atoms with van der Waals surface area (Å²) in [6, 6.07) is 7.40. The largest absolute Gasteiger partial charge is 0.496 e. The molecule has 0 saturated heterocycles. The van der Waals surface area contributed by atoms with Gasteiger partial charge >= 0.3 is 0 Å². The Morgan fingerprint density at radius 3 is 2.76 bits per heavy atom. The predicted molar refractivity (Wildman–Crippen MR) is 81.9 cm³/mol. The van der Waals surface area contributed by atoms with Crippen molar-refractivity contribution in [1.82, 2.24) is 10.2 Å². The van der Waals surface area contributed by atoms with E-state index in [0.29, 0.717) is 31.1 Å². The third kappa shape index (κ3) is 5.84. The first-order chi connectivity index (χ1) is 9.96. The van der Waals surface area contributed by atoms with E-state index in [9.17, 15) is 4.79 Å². The van der Waals surface area contributed by atoms with Gasteiger partial charge < -0.3 is 10.1 Å². The molecular formula is C16H23N3O2. The van der Waals surface area contributed by atoms with E-state index >= 15 is 0 Å². The second kappa shape index (κ2) is 8.28. The zero-order valence-corrected chi connectivity index (χ0v) is 13.1. The molecule has 0 bridgehead atoms. The second-order valence-electron chi connectivity index (χ2n) is 5.51. The fourth-order valence-corrected chi connectivity index (χ4v) is 1.94. The van der Waals surface area contributed by atoms with Crippen molar-refractivity contribution in [3.05, 3.63) is 29.3 Å². The molecule has 1 aromatic rings. The van der Waals surface area contributed by atoms with Gasteiger partial charge in [0.2, 0.25) is 5.91 Å². The van der Waals surface area contributed by atoms with Gasteiger partial charge in [-0.15, -0.1) is 0 Å². The van der Waals surface area contributed by atoms with Gasteiger partial charge in [-0.2, -0.15) is 5.26 Å². The SMILES string of the molecule is COc1ccc(C#N)cc1CN(C)CC(=O)NCC(C)C. The highest BCUT2D eigenvalue weighted by atomic mass is 16.5. The fraction of sp³-hybridized carbons (Fsp3) is 0.500. The van der Waals surface area contributed by atoms with Crippen LogP contribution >= 0.6 is 0 Å². The Morgan fingerprint density at radius 1 is 1.48 bits per heavy atom. The number of rotatable bonds is 7. The number of amides is 1. The van der Waals surface area contributed by atoms with Crippen molar-refractivity contribution in [2.24, 2.45) is 5.92 Å². The second-order valence-corrected chi connectivity index (χ2v) is 5.51. The van der Waals surface area contributed by atoms with Gasteiger partial charge in [0.15, 0.2) is 0 Å². The van der Waals surface area contributed by atoms with E-state index in [2.05, 4.69) is 25.2 Å². The molecule has 114 valence electrons. The maximum absolute atomic E-state index is 11.8. The lowest BCUT2D eigenvalue weighted by molar-refractivity contribution is -0.122. The highest BCUT2D eigenvalue weighted by Gasteiger charge is 2.11. The molecule has 1 N–H and O–H groups in total. The van der Waals surface area contributed by atoms with Gasteiger partial charge in [-0.25, -0.2) is 0 Å². The van der Waals surface area contributed by atoms with Crippen LogP contribution in [0.25, 0.3) is 0 Å². The molecule has 1 aromatic carbocycles. The Hall–Kier alpha value is -2.06. The molecule has 0 heterocycles. The summed E-state index contributed by atoms with van der Waals surface area (Å²) in [6.07, 6.45) is 0. The number of nitrogens with zero attached hydrogens (tertiary/aromatic N) is 2. The van der Waals surface area contributed by atoms with Gasteiger partial charge in [0, 0.05) is 18.7 Å². The van der Waals surface area contributed by atoms with Crippen LogP contribution in [0, 0.1) is 17.2 Å². The van der Waals surface area contributed by atoms with Crippen LogP contribution in [0.15, 0.2) is 18.2 Å². The van der Waals surface area contributed by atoms with Crippen molar-refractivity contribution in [1.29, 1.82) is 5.26 Å². The van der Waals surface area contributed by atoms with Crippen molar-refractivity contribution in [2.75, 3.05) is 27.2 Å². The number of carbonyl (C=O) groups is 1. The molecule has 0 fully saturated rings. The Kier molecular flexibility index (Phi) is 6.70. The van der Waals surface area contributed by atoms with Crippen LogP contribution in [-0.4, -0.2) is 38.1 Å². The third-order valence-corrected chi connectivity index (χ3v) is 2.97. The van der Waals surface area contributed by atoms with Crippen molar-refractivity contribution in [3.8, 4) is 11.8 Å². The third-order valence-electron chi connectivity index (χ3n) is 2.97. The van der Waals surface area contributed by atoms with E-state index < -0.39 is 0 Å². The molecule has 0 atom stereocenters. The van der Waals surface area contributed by atoms with Crippen LogP contribution in [0.5, 0.6) is 5.75 Å². The summed E-state index contributed by atoms with van der Waals surface area (Å²) in [5, 5.41) is 11.8. The first kappa shape index (κ1) is 17.0. The van der Waals surface area contributed by atoms with Crippen molar-refractivity contribution >= 4 is 5.91 Å². The summed E-state index contributed by atoms with van der Waals surface area (Å²) in [6.45, 7) is 5.66. The zero-order valence-electron chi connectivity index (χ0n) is 13.1. The lowest BCUT2D eigenvalue weighted by atomic mass is 10.1.